The smallest absolute Gasteiger partial charge is 0.258 e. The Kier molecular flexibility index (Phi) is 4.40. The lowest BCUT2D eigenvalue weighted by Crippen LogP contribution is -2.05. The van der Waals surface area contributed by atoms with E-state index in [1.807, 2.05) is 6.92 Å². The van der Waals surface area contributed by atoms with E-state index < -0.39 is 17.5 Å². The molecule has 0 bridgehead atoms. The number of nitro benzene ring substituents is 1. The van der Waals surface area contributed by atoms with Crippen molar-refractivity contribution in [3.05, 3.63) is 46.4 Å². The van der Waals surface area contributed by atoms with Gasteiger partial charge >= 0.3 is 0 Å². The number of hydrogen-bond donors (Lipinski definition) is 0. The summed E-state index contributed by atoms with van der Waals surface area (Å²) in [6.45, 7) is 4.86. The van der Waals surface area contributed by atoms with E-state index in [0.717, 1.165) is 6.42 Å². The lowest BCUT2D eigenvalue weighted by molar-refractivity contribution is -0.386. The predicted molar refractivity (Wildman–Crippen MR) is 61.2 cm³/mol. The highest BCUT2D eigenvalue weighted by atomic mass is 19.1. The quantitative estimate of drug-likeness (QED) is 0.568. The second-order valence-corrected chi connectivity index (χ2v) is 3.71. The van der Waals surface area contributed by atoms with Crippen LogP contribution < -0.4 is 0 Å². The normalized spacial score (nSPS) is 12.4. The molecule has 1 unspecified atom stereocenters. The topological polar surface area (TPSA) is 43.1 Å². The Bertz CT molecular complexity index is 379. The molecule has 0 aliphatic carbocycles. The zero-order valence-electron chi connectivity index (χ0n) is 9.28. The Morgan fingerprint density at radius 3 is 2.75 bits per heavy atom. The molecular formula is C12H15FNO2. The number of rotatable bonds is 5. The van der Waals surface area contributed by atoms with Gasteiger partial charge in [-0.1, -0.05) is 31.5 Å². The van der Waals surface area contributed by atoms with Crippen molar-refractivity contribution in [3.63, 3.8) is 0 Å². The van der Waals surface area contributed by atoms with Gasteiger partial charge in [0.2, 0.25) is 0 Å². The fraction of sp³-hybridized carbons (Fsp3) is 0.417. The Balaban J connectivity index is 3.26. The van der Waals surface area contributed by atoms with Crippen molar-refractivity contribution >= 4 is 5.69 Å². The van der Waals surface area contributed by atoms with E-state index >= 15 is 0 Å². The molecule has 16 heavy (non-hydrogen) atoms. The largest absolute Gasteiger partial charge is 0.276 e. The van der Waals surface area contributed by atoms with Crippen molar-refractivity contribution in [1.82, 2.24) is 0 Å². The summed E-state index contributed by atoms with van der Waals surface area (Å²) in [6, 6.07) is 5.02. The van der Waals surface area contributed by atoms with Crippen LogP contribution in [-0.4, -0.2) is 11.6 Å². The van der Waals surface area contributed by atoms with Gasteiger partial charge in [0, 0.05) is 17.0 Å². The van der Waals surface area contributed by atoms with E-state index in [4.69, 9.17) is 0 Å². The molecular weight excluding hydrogens is 209 g/mol. The number of aryl methyl sites for hydroxylation is 1. The molecule has 0 aliphatic heterocycles. The van der Waals surface area contributed by atoms with Crippen LogP contribution in [0.5, 0.6) is 0 Å². The predicted octanol–water partition coefficient (Wildman–Crippen LogP) is 3.43. The first-order chi connectivity index (χ1) is 7.61. The van der Waals surface area contributed by atoms with Crippen molar-refractivity contribution in [1.29, 1.82) is 0 Å². The number of alkyl halides is 1. The van der Waals surface area contributed by atoms with Gasteiger partial charge in [-0.3, -0.25) is 14.5 Å². The van der Waals surface area contributed by atoms with Crippen LogP contribution in [0.15, 0.2) is 18.2 Å². The summed E-state index contributed by atoms with van der Waals surface area (Å²) in [5.74, 6) is -0.669. The molecule has 0 N–H and O–H groups in total. The molecule has 0 spiro atoms. The third kappa shape index (κ3) is 2.56. The second-order valence-electron chi connectivity index (χ2n) is 3.71. The van der Waals surface area contributed by atoms with Crippen LogP contribution in [0, 0.1) is 17.0 Å². The van der Waals surface area contributed by atoms with E-state index in [1.165, 1.54) is 0 Å². The Labute approximate surface area is 94.4 Å². The first-order valence-electron chi connectivity index (χ1n) is 5.27. The summed E-state index contributed by atoms with van der Waals surface area (Å²) in [6.07, 6.45) is 1.45. The molecule has 1 aromatic rings. The molecule has 0 amide bonds. The molecule has 0 aromatic heterocycles. The highest BCUT2D eigenvalue weighted by Crippen LogP contribution is 2.30. The van der Waals surface area contributed by atoms with Gasteiger partial charge in [-0.05, 0) is 13.3 Å². The zero-order valence-corrected chi connectivity index (χ0v) is 9.28. The molecule has 1 rings (SSSR count). The summed E-state index contributed by atoms with van der Waals surface area (Å²) in [5, 5.41) is 11.0. The first kappa shape index (κ1) is 12.6. The Morgan fingerprint density at radius 2 is 2.25 bits per heavy atom. The highest BCUT2D eigenvalue weighted by Gasteiger charge is 2.22. The van der Waals surface area contributed by atoms with Crippen LogP contribution in [0.1, 0.15) is 30.4 Å². The van der Waals surface area contributed by atoms with Gasteiger partial charge in [-0.15, -0.1) is 0 Å². The van der Waals surface area contributed by atoms with Gasteiger partial charge in [-0.25, -0.2) is 0 Å². The number of benzene rings is 1. The fourth-order valence-corrected chi connectivity index (χ4v) is 1.72. The molecule has 4 heteroatoms. The number of nitro groups is 1. The molecule has 0 saturated carbocycles. The number of para-hydroxylation sites is 1. The summed E-state index contributed by atoms with van der Waals surface area (Å²) in [4.78, 5) is 10.6. The SMILES string of the molecule is [CH2]C(CF)c1cccc(CCC)c1[N+](=O)[O-]. The Morgan fingerprint density at radius 1 is 1.56 bits per heavy atom. The summed E-state index contributed by atoms with van der Waals surface area (Å²) >= 11 is 0. The van der Waals surface area contributed by atoms with Crippen molar-refractivity contribution in [2.75, 3.05) is 6.67 Å². The minimum Gasteiger partial charge on any atom is -0.258 e. The molecule has 0 aliphatic rings. The number of hydrogen-bond acceptors (Lipinski definition) is 2. The standard InChI is InChI=1S/C12H15FNO2/c1-3-5-10-6-4-7-11(9(2)8-13)12(10)14(15)16/h4,6-7,9H,2-3,5,8H2,1H3. The van der Waals surface area contributed by atoms with Gasteiger partial charge in [-0.2, -0.15) is 0 Å². The van der Waals surface area contributed by atoms with Crippen LogP contribution in [0.4, 0.5) is 10.1 Å². The first-order valence-corrected chi connectivity index (χ1v) is 5.27. The summed E-state index contributed by atoms with van der Waals surface area (Å²) < 4.78 is 12.5. The molecule has 87 valence electrons. The lowest BCUT2D eigenvalue weighted by atomic mass is 9.96. The Hall–Kier alpha value is -1.45. The summed E-state index contributed by atoms with van der Waals surface area (Å²) in [7, 11) is 0. The minimum absolute atomic E-state index is 0.0296. The van der Waals surface area contributed by atoms with Gasteiger partial charge in [0.25, 0.3) is 5.69 Å². The van der Waals surface area contributed by atoms with E-state index in [-0.39, 0.29) is 5.69 Å². The second kappa shape index (κ2) is 5.58. The van der Waals surface area contributed by atoms with Crippen molar-refractivity contribution in [2.45, 2.75) is 25.7 Å². The highest BCUT2D eigenvalue weighted by molar-refractivity contribution is 5.50. The molecule has 1 aromatic carbocycles. The van der Waals surface area contributed by atoms with Gasteiger partial charge in [0.05, 0.1) is 11.6 Å². The van der Waals surface area contributed by atoms with Gasteiger partial charge < -0.3 is 0 Å². The van der Waals surface area contributed by atoms with Crippen molar-refractivity contribution in [3.8, 4) is 0 Å². The molecule has 0 saturated heterocycles. The van der Waals surface area contributed by atoms with Crippen LogP contribution in [0.3, 0.4) is 0 Å². The van der Waals surface area contributed by atoms with E-state index in [0.29, 0.717) is 17.5 Å². The average Bonchev–Trinajstić information content (AvgIpc) is 2.27. The summed E-state index contributed by atoms with van der Waals surface area (Å²) in [5.41, 5.74) is 1.08. The lowest BCUT2D eigenvalue weighted by Gasteiger charge is -2.10. The molecule has 0 fully saturated rings. The van der Waals surface area contributed by atoms with Crippen LogP contribution in [0.25, 0.3) is 0 Å². The molecule has 1 atom stereocenters. The monoisotopic (exact) mass is 224 g/mol. The third-order valence-corrected chi connectivity index (χ3v) is 2.48. The van der Waals surface area contributed by atoms with Crippen molar-refractivity contribution in [2.24, 2.45) is 0 Å². The van der Waals surface area contributed by atoms with E-state index in [9.17, 15) is 14.5 Å². The van der Waals surface area contributed by atoms with Gasteiger partial charge in [0.15, 0.2) is 0 Å². The maximum Gasteiger partial charge on any atom is 0.276 e. The van der Waals surface area contributed by atoms with Crippen molar-refractivity contribution < 1.29 is 9.31 Å². The minimum atomic E-state index is -0.684. The van der Waals surface area contributed by atoms with Crippen LogP contribution in [0.2, 0.25) is 0 Å². The van der Waals surface area contributed by atoms with Gasteiger partial charge in [0.1, 0.15) is 0 Å². The molecule has 1 radical (unpaired) electrons. The molecule has 0 heterocycles. The van der Waals surface area contributed by atoms with E-state index in [1.54, 1.807) is 18.2 Å². The number of nitrogens with zero attached hydrogens (tertiary/aromatic N) is 1. The maximum atomic E-state index is 12.5. The number of halogens is 1. The van der Waals surface area contributed by atoms with E-state index in [2.05, 4.69) is 6.92 Å². The van der Waals surface area contributed by atoms with Crippen LogP contribution in [-0.2, 0) is 6.42 Å². The zero-order chi connectivity index (χ0) is 12.1. The maximum absolute atomic E-state index is 12.5. The molecule has 3 nitrogen and oxygen atoms in total. The third-order valence-electron chi connectivity index (χ3n) is 2.48. The van der Waals surface area contributed by atoms with Crippen LogP contribution >= 0.6 is 0 Å². The average molecular weight is 224 g/mol. The fourth-order valence-electron chi connectivity index (χ4n) is 1.72.